The van der Waals surface area contributed by atoms with Crippen LogP contribution in [0.5, 0.6) is 0 Å². The number of hydrogen-bond acceptors (Lipinski definition) is 6. The van der Waals surface area contributed by atoms with Crippen LogP contribution in [0.3, 0.4) is 0 Å². The number of aryl methyl sites for hydroxylation is 1. The first-order valence-corrected chi connectivity index (χ1v) is 12.4. The molecule has 0 spiro atoms. The third-order valence-electron chi connectivity index (χ3n) is 5.57. The van der Waals surface area contributed by atoms with Gasteiger partial charge in [-0.3, -0.25) is 9.59 Å². The van der Waals surface area contributed by atoms with E-state index in [1.54, 1.807) is 13.8 Å². The summed E-state index contributed by atoms with van der Waals surface area (Å²) in [5.74, 6) is -6.49. The Morgan fingerprint density at radius 2 is 1.78 bits per heavy atom. The minimum atomic E-state index is -5.87. The number of benzene rings is 1. The molecular weight excluding hydrogens is 598 g/mol. The average molecular weight is 617 g/mol. The fourth-order valence-corrected chi connectivity index (χ4v) is 4.17. The number of rotatable bonds is 8. The SMILES string of the molecule is CCNC(=O)c1cc(Cl)cc(C)c1NC(=O)c1cc(Cn2ncc(C(F)(F)C(F)(F)F)n2)nn1-c1ncccc1Cl. The minimum absolute atomic E-state index is 0.00822. The molecule has 17 heteroatoms. The Balaban J connectivity index is 1.73. The van der Waals surface area contributed by atoms with E-state index in [9.17, 15) is 31.5 Å². The van der Waals surface area contributed by atoms with Gasteiger partial charge in [0.05, 0.1) is 28.2 Å². The van der Waals surface area contributed by atoms with Crippen LogP contribution in [0.1, 0.15) is 44.7 Å². The zero-order chi connectivity index (χ0) is 30.1. The number of amides is 2. The van der Waals surface area contributed by atoms with E-state index in [0.717, 1.165) is 4.68 Å². The molecule has 1 aromatic carbocycles. The summed E-state index contributed by atoms with van der Waals surface area (Å²) in [4.78, 5) is 30.9. The number of pyridine rings is 1. The molecule has 41 heavy (non-hydrogen) atoms. The van der Waals surface area contributed by atoms with Gasteiger partial charge in [0.15, 0.2) is 11.5 Å². The number of aromatic nitrogens is 6. The Hall–Kier alpha value is -4.11. The van der Waals surface area contributed by atoms with Crippen LogP contribution in [-0.2, 0) is 12.5 Å². The van der Waals surface area contributed by atoms with Gasteiger partial charge in [0, 0.05) is 17.8 Å². The summed E-state index contributed by atoms with van der Waals surface area (Å²) in [5, 5.41) is 16.6. The Morgan fingerprint density at radius 3 is 2.44 bits per heavy atom. The van der Waals surface area contributed by atoms with Gasteiger partial charge in [0.1, 0.15) is 12.2 Å². The maximum absolute atomic E-state index is 13.7. The van der Waals surface area contributed by atoms with Crippen molar-refractivity contribution in [1.82, 2.24) is 35.1 Å². The molecule has 0 aliphatic heterocycles. The van der Waals surface area contributed by atoms with Crippen LogP contribution in [0.15, 0.2) is 42.7 Å². The topological polar surface area (TPSA) is 120 Å². The van der Waals surface area contributed by atoms with Crippen molar-refractivity contribution >= 4 is 40.7 Å². The fraction of sp³-hybridized carbons (Fsp3) is 0.250. The molecule has 0 aliphatic rings. The highest BCUT2D eigenvalue weighted by Gasteiger charge is 2.60. The molecule has 216 valence electrons. The normalized spacial score (nSPS) is 11.9. The number of nitrogens with one attached hydrogen (secondary N) is 2. The van der Waals surface area contributed by atoms with E-state index in [0.29, 0.717) is 23.1 Å². The number of halogens is 7. The second kappa shape index (κ2) is 11.4. The Bertz CT molecular complexity index is 1620. The maximum atomic E-state index is 13.7. The van der Waals surface area contributed by atoms with Crippen molar-refractivity contribution in [3.05, 3.63) is 81.0 Å². The molecule has 0 radical (unpaired) electrons. The lowest BCUT2D eigenvalue weighted by atomic mass is 10.1. The maximum Gasteiger partial charge on any atom is 0.459 e. The monoisotopic (exact) mass is 616 g/mol. The zero-order valence-electron chi connectivity index (χ0n) is 21.1. The van der Waals surface area contributed by atoms with Crippen LogP contribution in [0.25, 0.3) is 5.82 Å². The second-order valence-corrected chi connectivity index (χ2v) is 9.38. The lowest BCUT2D eigenvalue weighted by molar-refractivity contribution is -0.291. The molecule has 2 amide bonds. The summed E-state index contributed by atoms with van der Waals surface area (Å²) >= 11 is 12.4. The van der Waals surface area contributed by atoms with Crippen LogP contribution < -0.4 is 10.6 Å². The number of hydrogen-bond donors (Lipinski definition) is 2. The molecule has 10 nitrogen and oxygen atoms in total. The molecule has 3 heterocycles. The summed E-state index contributed by atoms with van der Waals surface area (Å²) in [6.07, 6.45) is -4.20. The minimum Gasteiger partial charge on any atom is -0.352 e. The van der Waals surface area contributed by atoms with E-state index in [4.69, 9.17) is 23.2 Å². The van der Waals surface area contributed by atoms with Crippen LogP contribution in [0.4, 0.5) is 27.6 Å². The first-order chi connectivity index (χ1) is 19.2. The van der Waals surface area contributed by atoms with Gasteiger partial charge in [-0.05, 0) is 49.7 Å². The third kappa shape index (κ3) is 6.15. The zero-order valence-corrected chi connectivity index (χ0v) is 22.6. The van der Waals surface area contributed by atoms with Gasteiger partial charge in [-0.2, -0.15) is 42.0 Å². The van der Waals surface area contributed by atoms with Crippen LogP contribution in [0.2, 0.25) is 10.0 Å². The molecule has 4 aromatic rings. The highest BCUT2D eigenvalue weighted by Crippen LogP contribution is 2.42. The van der Waals surface area contributed by atoms with E-state index in [1.165, 1.54) is 36.5 Å². The second-order valence-electron chi connectivity index (χ2n) is 8.53. The van der Waals surface area contributed by atoms with Gasteiger partial charge in [-0.1, -0.05) is 23.2 Å². The lowest BCUT2D eigenvalue weighted by Gasteiger charge is -2.16. The molecular formula is C24H19Cl2F5N8O2. The molecule has 2 N–H and O–H groups in total. The van der Waals surface area contributed by atoms with E-state index < -0.39 is 36.2 Å². The summed E-state index contributed by atoms with van der Waals surface area (Å²) in [6, 6.07) is 7.15. The van der Waals surface area contributed by atoms with Gasteiger partial charge in [0.2, 0.25) is 0 Å². The quantitative estimate of drug-likeness (QED) is 0.263. The first-order valence-electron chi connectivity index (χ1n) is 11.7. The number of carbonyl (C=O) groups excluding carboxylic acids is 2. The molecule has 0 saturated heterocycles. The Kier molecular flexibility index (Phi) is 8.31. The lowest BCUT2D eigenvalue weighted by Crippen LogP contribution is -2.34. The average Bonchev–Trinajstić information content (AvgIpc) is 3.53. The number of carbonyl (C=O) groups is 2. The first kappa shape index (κ1) is 29.9. The van der Waals surface area contributed by atoms with Crippen LogP contribution in [0, 0.1) is 6.92 Å². The van der Waals surface area contributed by atoms with Crippen LogP contribution in [-0.4, -0.2) is 54.3 Å². The molecule has 0 bridgehead atoms. The molecule has 0 aliphatic carbocycles. The van der Waals surface area contributed by atoms with Crippen molar-refractivity contribution in [3.8, 4) is 5.82 Å². The van der Waals surface area contributed by atoms with Crippen molar-refractivity contribution in [2.24, 2.45) is 0 Å². The van der Waals surface area contributed by atoms with Gasteiger partial charge in [0.25, 0.3) is 11.8 Å². The predicted octanol–water partition coefficient (Wildman–Crippen LogP) is 5.18. The Morgan fingerprint density at radius 1 is 1.05 bits per heavy atom. The van der Waals surface area contributed by atoms with Crippen molar-refractivity contribution in [1.29, 1.82) is 0 Å². The summed E-state index contributed by atoms with van der Waals surface area (Å²) < 4.78 is 66.6. The largest absolute Gasteiger partial charge is 0.459 e. The van der Waals surface area contributed by atoms with E-state index >= 15 is 0 Å². The standard InChI is InChI=1S/C24H19Cl2F5N8O2/c1-3-32-21(40)15-8-13(25)7-12(2)19(15)35-22(41)17-9-14(36-39(17)20-16(26)5-4-6-33-20)11-38-34-10-18(37-38)23(27,28)24(29,30)31/h4-10H,3,11H2,1-2H3,(H,32,40)(H,35,41). The van der Waals surface area contributed by atoms with Crippen molar-refractivity contribution in [2.75, 3.05) is 11.9 Å². The fourth-order valence-electron chi connectivity index (χ4n) is 3.69. The molecule has 0 unspecified atom stereocenters. The van der Waals surface area contributed by atoms with Gasteiger partial charge < -0.3 is 10.6 Å². The number of nitrogens with zero attached hydrogens (tertiary/aromatic N) is 6. The molecule has 4 rings (SSSR count). The summed E-state index contributed by atoms with van der Waals surface area (Å²) in [6.45, 7) is 3.16. The predicted molar refractivity (Wildman–Crippen MR) is 138 cm³/mol. The van der Waals surface area contributed by atoms with Crippen molar-refractivity contribution in [2.45, 2.75) is 32.5 Å². The van der Waals surface area contributed by atoms with E-state index in [1.807, 2.05) is 0 Å². The molecule has 0 atom stereocenters. The number of alkyl halides is 5. The number of anilines is 1. The van der Waals surface area contributed by atoms with E-state index in [-0.39, 0.29) is 38.5 Å². The van der Waals surface area contributed by atoms with Crippen molar-refractivity contribution in [3.63, 3.8) is 0 Å². The van der Waals surface area contributed by atoms with E-state index in [2.05, 4.69) is 30.9 Å². The summed E-state index contributed by atoms with van der Waals surface area (Å²) in [5.41, 5.74) is -1.07. The van der Waals surface area contributed by atoms with Gasteiger partial charge >= 0.3 is 12.1 Å². The third-order valence-corrected chi connectivity index (χ3v) is 6.08. The van der Waals surface area contributed by atoms with Crippen LogP contribution >= 0.6 is 23.2 Å². The van der Waals surface area contributed by atoms with Gasteiger partial charge in [-0.15, -0.1) is 0 Å². The highest BCUT2D eigenvalue weighted by atomic mass is 35.5. The van der Waals surface area contributed by atoms with Gasteiger partial charge in [-0.25, -0.2) is 9.67 Å². The molecule has 0 saturated carbocycles. The highest BCUT2D eigenvalue weighted by molar-refractivity contribution is 6.32. The Labute approximate surface area is 238 Å². The molecule has 0 fully saturated rings. The smallest absolute Gasteiger partial charge is 0.352 e. The molecule has 3 aromatic heterocycles. The summed E-state index contributed by atoms with van der Waals surface area (Å²) in [7, 11) is 0. The van der Waals surface area contributed by atoms with Crippen molar-refractivity contribution < 1.29 is 31.5 Å².